The van der Waals surface area contributed by atoms with Gasteiger partial charge in [0.1, 0.15) is 0 Å². The Balaban J connectivity index is 1.49. The van der Waals surface area contributed by atoms with Gasteiger partial charge in [0.05, 0.1) is 17.4 Å². The molecule has 4 heteroatoms. The Bertz CT molecular complexity index is 798. The van der Waals surface area contributed by atoms with Crippen molar-refractivity contribution in [2.75, 3.05) is 11.9 Å². The van der Waals surface area contributed by atoms with Crippen LogP contribution >= 0.6 is 0 Å². The third-order valence-corrected chi connectivity index (χ3v) is 5.84. The van der Waals surface area contributed by atoms with E-state index >= 15 is 0 Å². The average molecular weight is 350 g/mol. The topological polar surface area (TPSA) is 62.2 Å². The first kappa shape index (κ1) is 17.1. The minimum absolute atomic E-state index is 0.286. The zero-order valence-corrected chi connectivity index (χ0v) is 15.1. The second-order valence-electron chi connectivity index (χ2n) is 7.66. The van der Waals surface area contributed by atoms with Gasteiger partial charge in [0.25, 0.3) is 0 Å². The van der Waals surface area contributed by atoms with E-state index in [1.54, 1.807) is 17.8 Å². The fourth-order valence-electron chi connectivity index (χ4n) is 4.19. The summed E-state index contributed by atoms with van der Waals surface area (Å²) >= 11 is 0. The summed E-state index contributed by atoms with van der Waals surface area (Å²) in [6, 6.07) is 8.32. The van der Waals surface area contributed by atoms with Crippen LogP contribution in [0.4, 0.5) is 5.69 Å². The minimum Gasteiger partial charge on any atom is -0.478 e. The van der Waals surface area contributed by atoms with Crippen molar-refractivity contribution in [3.8, 4) is 0 Å². The van der Waals surface area contributed by atoms with Crippen molar-refractivity contribution in [2.24, 2.45) is 5.92 Å². The Morgan fingerprint density at radius 3 is 2.92 bits per heavy atom. The van der Waals surface area contributed by atoms with Crippen LogP contribution in [0, 0.1) is 5.92 Å². The van der Waals surface area contributed by atoms with Crippen LogP contribution in [0.2, 0.25) is 0 Å². The molecule has 2 aromatic rings. The molecule has 1 aromatic carbocycles. The number of fused-ring (bicyclic) bond motifs is 1. The first-order valence-electron chi connectivity index (χ1n) is 9.74. The summed E-state index contributed by atoms with van der Waals surface area (Å²) in [6.07, 6.45) is 12.0. The van der Waals surface area contributed by atoms with Crippen LogP contribution in [0.15, 0.2) is 36.7 Å². The molecule has 1 aromatic heterocycles. The molecule has 0 bridgehead atoms. The summed E-state index contributed by atoms with van der Waals surface area (Å²) in [5.74, 6) is 0.481. The monoisotopic (exact) mass is 350 g/mol. The highest BCUT2D eigenvalue weighted by Gasteiger charge is 2.25. The number of carbonyl (C=O) groups is 1. The van der Waals surface area contributed by atoms with Crippen LogP contribution in [0.5, 0.6) is 0 Å². The van der Waals surface area contributed by atoms with Crippen molar-refractivity contribution >= 4 is 11.7 Å². The molecular formula is C22H26N2O2. The standard InChI is InChI=1S/C22H26N2O2/c25-22(26)20-11-12-23-14-21(20)24-13-17-4-2-5-18-16(3-1-6-19(17)18)10-9-15-7-8-15/h1,3,6,11-12,14-15,17,24H,2,4-5,7-10,13H2,(H,25,26). The van der Waals surface area contributed by atoms with Crippen LogP contribution in [-0.4, -0.2) is 22.6 Å². The van der Waals surface area contributed by atoms with Crippen molar-refractivity contribution in [1.82, 2.24) is 4.98 Å². The Morgan fingerprint density at radius 1 is 1.23 bits per heavy atom. The SMILES string of the molecule is O=C(O)c1ccncc1NCC1CCCc2c(CCC3CC3)cccc21. The second-order valence-corrected chi connectivity index (χ2v) is 7.66. The molecule has 1 atom stereocenters. The molecule has 1 fully saturated rings. The summed E-state index contributed by atoms with van der Waals surface area (Å²) < 4.78 is 0. The number of hydrogen-bond donors (Lipinski definition) is 2. The molecule has 0 spiro atoms. The molecule has 0 amide bonds. The largest absolute Gasteiger partial charge is 0.478 e. The van der Waals surface area contributed by atoms with Gasteiger partial charge in [-0.3, -0.25) is 4.98 Å². The highest BCUT2D eigenvalue weighted by molar-refractivity contribution is 5.93. The van der Waals surface area contributed by atoms with E-state index in [4.69, 9.17) is 0 Å². The molecule has 2 aliphatic rings. The van der Waals surface area contributed by atoms with Crippen molar-refractivity contribution in [1.29, 1.82) is 0 Å². The van der Waals surface area contributed by atoms with Gasteiger partial charge in [0.2, 0.25) is 0 Å². The van der Waals surface area contributed by atoms with Crippen LogP contribution in [0.25, 0.3) is 0 Å². The fraction of sp³-hybridized carbons (Fsp3) is 0.455. The van der Waals surface area contributed by atoms with E-state index in [-0.39, 0.29) is 5.56 Å². The number of aryl methyl sites for hydroxylation is 1. The summed E-state index contributed by atoms with van der Waals surface area (Å²) in [6.45, 7) is 0.755. The van der Waals surface area contributed by atoms with Crippen LogP contribution in [0.1, 0.15) is 65.1 Å². The Hall–Kier alpha value is -2.36. The lowest BCUT2D eigenvalue weighted by Crippen LogP contribution is -2.20. The highest BCUT2D eigenvalue weighted by Crippen LogP contribution is 2.37. The predicted octanol–water partition coefficient (Wildman–Crippen LogP) is 4.65. The first-order valence-corrected chi connectivity index (χ1v) is 9.74. The Kier molecular flexibility index (Phi) is 4.91. The number of carboxylic acid groups (broad SMARTS) is 1. The van der Waals surface area contributed by atoms with Gasteiger partial charge in [-0.05, 0) is 60.8 Å². The van der Waals surface area contributed by atoms with Crippen molar-refractivity contribution < 1.29 is 9.90 Å². The lowest BCUT2D eigenvalue weighted by Gasteiger charge is -2.28. The zero-order chi connectivity index (χ0) is 17.9. The van der Waals surface area contributed by atoms with Gasteiger partial charge in [-0.2, -0.15) is 0 Å². The first-order chi connectivity index (χ1) is 12.7. The maximum absolute atomic E-state index is 11.4. The van der Waals surface area contributed by atoms with E-state index in [1.165, 1.54) is 55.8 Å². The molecule has 1 saturated carbocycles. The number of aromatic carboxylic acids is 1. The fourth-order valence-corrected chi connectivity index (χ4v) is 4.19. The molecule has 0 saturated heterocycles. The summed E-state index contributed by atoms with van der Waals surface area (Å²) in [7, 11) is 0. The number of benzene rings is 1. The van der Waals surface area contributed by atoms with Crippen LogP contribution in [0.3, 0.4) is 0 Å². The third-order valence-electron chi connectivity index (χ3n) is 5.84. The Morgan fingerprint density at radius 2 is 2.12 bits per heavy atom. The normalized spacial score (nSPS) is 19.0. The average Bonchev–Trinajstić information content (AvgIpc) is 3.49. The molecular weight excluding hydrogens is 324 g/mol. The smallest absolute Gasteiger partial charge is 0.337 e. The highest BCUT2D eigenvalue weighted by atomic mass is 16.4. The van der Waals surface area contributed by atoms with Gasteiger partial charge in [0.15, 0.2) is 0 Å². The van der Waals surface area contributed by atoms with Crippen molar-refractivity contribution in [3.63, 3.8) is 0 Å². The molecule has 26 heavy (non-hydrogen) atoms. The van der Waals surface area contributed by atoms with E-state index in [9.17, 15) is 9.90 Å². The third kappa shape index (κ3) is 3.74. The van der Waals surface area contributed by atoms with Crippen LogP contribution < -0.4 is 5.32 Å². The summed E-state index contributed by atoms with van der Waals surface area (Å²) in [5, 5.41) is 12.7. The summed E-state index contributed by atoms with van der Waals surface area (Å²) in [5.41, 5.74) is 5.44. The quantitative estimate of drug-likeness (QED) is 0.763. The number of hydrogen-bond acceptors (Lipinski definition) is 3. The van der Waals surface area contributed by atoms with Gasteiger partial charge in [0, 0.05) is 18.7 Å². The van der Waals surface area contributed by atoms with E-state index in [1.807, 2.05) is 0 Å². The summed E-state index contributed by atoms with van der Waals surface area (Å²) in [4.78, 5) is 15.5. The zero-order valence-electron chi connectivity index (χ0n) is 15.1. The molecule has 1 unspecified atom stereocenters. The van der Waals surface area contributed by atoms with Gasteiger partial charge in [-0.1, -0.05) is 31.0 Å². The molecule has 2 N–H and O–H groups in total. The Labute approximate surface area is 154 Å². The number of carboxylic acids is 1. The van der Waals surface area contributed by atoms with Gasteiger partial charge < -0.3 is 10.4 Å². The maximum atomic E-state index is 11.4. The minimum atomic E-state index is -0.915. The van der Waals surface area contributed by atoms with Gasteiger partial charge >= 0.3 is 5.97 Å². The predicted molar refractivity (Wildman–Crippen MR) is 103 cm³/mol. The van der Waals surface area contributed by atoms with E-state index in [2.05, 4.69) is 28.5 Å². The number of anilines is 1. The number of nitrogens with zero attached hydrogens (tertiary/aromatic N) is 1. The lowest BCUT2D eigenvalue weighted by atomic mass is 9.80. The van der Waals surface area contributed by atoms with E-state index in [0.29, 0.717) is 11.6 Å². The second kappa shape index (κ2) is 7.48. The van der Waals surface area contributed by atoms with E-state index < -0.39 is 5.97 Å². The number of rotatable bonds is 7. The molecule has 0 aliphatic heterocycles. The van der Waals surface area contributed by atoms with Crippen molar-refractivity contribution in [2.45, 2.75) is 50.9 Å². The number of nitrogens with one attached hydrogen (secondary N) is 1. The molecule has 1 heterocycles. The molecule has 4 nitrogen and oxygen atoms in total. The van der Waals surface area contributed by atoms with Crippen LogP contribution in [-0.2, 0) is 12.8 Å². The number of aromatic nitrogens is 1. The molecule has 4 rings (SSSR count). The van der Waals surface area contributed by atoms with Gasteiger partial charge in [-0.25, -0.2) is 4.79 Å². The lowest BCUT2D eigenvalue weighted by molar-refractivity contribution is 0.0698. The molecule has 2 aliphatic carbocycles. The number of pyridine rings is 1. The van der Waals surface area contributed by atoms with E-state index in [0.717, 1.165) is 18.9 Å². The maximum Gasteiger partial charge on any atom is 0.337 e. The molecule has 136 valence electrons. The van der Waals surface area contributed by atoms with Gasteiger partial charge in [-0.15, -0.1) is 0 Å². The molecule has 0 radical (unpaired) electrons. The van der Waals surface area contributed by atoms with Crippen molar-refractivity contribution in [3.05, 3.63) is 58.9 Å².